The molecular weight excluding hydrogens is 402 g/mol. The maximum Gasteiger partial charge on any atom is 0.240 e. The minimum atomic E-state index is -3.52. The van der Waals surface area contributed by atoms with Crippen LogP contribution in [-0.4, -0.2) is 24.5 Å². The molecule has 0 saturated carbocycles. The van der Waals surface area contributed by atoms with E-state index >= 15 is 0 Å². The number of hydrogen-bond acceptors (Lipinski definition) is 3. The maximum atomic E-state index is 12.4. The van der Waals surface area contributed by atoms with Gasteiger partial charge in [-0.1, -0.05) is 28.1 Å². The molecule has 7 heteroatoms. The Morgan fingerprint density at radius 1 is 1.12 bits per heavy atom. The van der Waals surface area contributed by atoms with E-state index in [9.17, 15) is 8.42 Å². The van der Waals surface area contributed by atoms with E-state index in [-0.39, 0.29) is 10.9 Å². The van der Waals surface area contributed by atoms with E-state index in [0.29, 0.717) is 13.0 Å². The van der Waals surface area contributed by atoms with E-state index in [1.54, 1.807) is 24.3 Å². The Hall–Kier alpha value is -1.70. The second-order valence-electron chi connectivity index (χ2n) is 6.08. The van der Waals surface area contributed by atoms with Crippen molar-refractivity contribution in [2.24, 2.45) is 0 Å². The molecule has 0 radical (unpaired) electrons. The van der Waals surface area contributed by atoms with E-state index in [2.05, 4.69) is 44.1 Å². The van der Waals surface area contributed by atoms with Gasteiger partial charge in [-0.05, 0) is 50.2 Å². The molecule has 1 heterocycles. The van der Waals surface area contributed by atoms with Crippen molar-refractivity contribution in [3.8, 4) is 0 Å². The Labute approximate surface area is 156 Å². The Balaban J connectivity index is 1.77. The number of nitrogens with one attached hydrogen (secondary N) is 1. The van der Waals surface area contributed by atoms with Crippen LogP contribution in [0.1, 0.15) is 25.7 Å². The van der Waals surface area contributed by atoms with E-state index < -0.39 is 10.0 Å². The van der Waals surface area contributed by atoms with Crippen LogP contribution in [0.3, 0.4) is 0 Å². The van der Waals surface area contributed by atoms with Gasteiger partial charge in [0.2, 0.25) is 10.0 Å². The summed E-state index contributed by atoms with van der Waals surface area (Å²) < 4.78 is 30.4. The molecule has 1 N–H and O–H groups in total. The van der Waals surface area contributed by atoms with Gasteiger partial charge in [-0.3, -0.25) is 0 Å². The van der Waals surface area contributed by atoms with Gasteiger partial charge in [0.25, 0.3) is 0 Å². The predicted octanol–water partition coefficient (Wildman–Crippen LogP) is 3.90. The lowest BCUT2D eigenvalue weighted by molar-refractivity contribution is 0.567. The largest absolute Gasteiger partial charge is 0.325 e. The molecule has 0 atom stereocenters. The quantitative estimate of drug-likeness (QED) is 0.656. The summed E-state index contributed by atoms with van der Waals surface area (Å²) in [5, 5.41) is 0. The normalized spacial score (nSPS) is 12.2. The molecule has 132 valence electrons. The monoisotopic (exact) mass is 421 g/mol. The first-order valence-corrected chi connectivity index (χ1v) is 10.4. The van der Waals surface area contributed by atoms with Crippen LogP contribution in [0.25, 0.3) is 11.0 Å². The summed E-state index contributed by atoms with van der Waals surface area (Å²) >= 11 is 3.31. The lowest BCUT2D eigenvalue weighted by atomic mass is 10.3. The standard InChI is InChI=1S/C18H20BrN3O2S/c1-13(2)22-17-6-4-3-5-16(17)21-18(22)11-12-20-25(23,24)15-9-7-14(19)8-10-15/h3-10,13,20H,11-12H2,1-2H3. The number of para-hydroxylation sites is 2. The molecule has 0 amide bonds. The van der Waals surface area contributed by atoms with Gasteiger partial charge in [0, 0.05) is 23.5 Å². The van der Waals surface area contributed by atoms with Gasteiger partial charge in [0.05, 0.1) is 15.9 Å². The highest BCUT2D eigenvalue weighted by molar-refractivity contribution is 9.10. The van der Waals surface area contributed by atoms with Crippen LogP contribution >= 0.6 is 15.9 Å². The highest BCUT2D eigenvalue weighted by atomic mass is 79.9. The molecule has 0 fully saturated rings. The van der Waals surface area contributed by atoms with Crippen molar-refractivity contribution >= 4 is 37.0 Å². The molecule has 0 aliphatic heterocycles. The number of aromatic nitrogens is 2. The van der Waals surface area contributed by atoms with E-state index in [1.807, 2.05) is 24.3 Å². The zero-order chi connectivity index (χ0) is 18.0. The summed E-state index contributed by atoms with van der Waals surface area (Å²) in [5.74, 6) is 0.884. The van der Waals surface area contributed by atoms with Gasteiger partial charge in [-0.15, -0.1) is 0 Å². The molecular formula is C18H20BrN3O2S. The van der Waals surface area contributed by atoms with Gasteiger partial charge in [0.15, 0.2) is 0 Å². The van der Waals surface area contributed by atoms with Crippen molar-refractivity contribution in [2.75, 3.05) is 6.54 Å². The minimum Gasteiger partial charge on any atom is -0.325 e. The molecule has 0 bridgehead atoms. The molecule has 5 nitrogen and oxygen atoms in total. The molecule has 25 heavy (non-hydrogen) atoms. The smallest absolute Gasteiger partial charge is 0.240 e. The van der Waals surface area contributed by atoms with Crippen LogP contribution in [0.4, 0.5) is 0 Å². The van der Waals surface area contributed by atoms with Gasteiger partial charge in [-0.2, -0.15) is 0 Å². The third-order valence-electron chi connectivity index (χ3n) is 3.95. The topological polar surface area (TPSA) is 64.0 Å². The fraction of sp³-hybridized carbons (Fsp3) is 0.278. The summed E-state index contributed by atoms with van der Waals surface area (Å²) in [5.41, 5.74) is 2.00. The predicted molar refractivity (Wildman–Crippen MR) is 103 cm³/mol. The lowest BCUT2D eigenvalue weighted by Crippen LogP contribution is -2.26. The number of nitrogens with zero attached hydrogens (tertiary/aromatic N) is 2. The minimum absolute atomic E-state index is 0.255. The molecule has 0 unspecified atom stereocenters. The number of fused-ring (bicyclic) bond motifs is 1. The van der Waals surface area contributed by atoms with Crippen LogP contribution in [0.15, 0.2) is 57.9 Å². The van der Waals surface area contributed by atoms with Gasteiger partial charge in [0.1, 0.15) is 5.82 Å². The molecule has 0 aliphatic rings. The van der Waals surface area contributed by atoms with Crippen molar-refractivity contribution in [1.29, 1.82) is 0 Å². The summed E-state index contributed by atoms with van der Waals surface area (Å²) in [7, 11) is -3.52. The maximum absolute atomic E-state index is 12.4. The first kappa shape index (κ1) is 18.1. The molecule has 2 aromatic carbocycles. The van der Waals surface area contributed by atoms with Gasteiger partial charge in [-0.25, -0.2) is 18.1 Å². The van der Waals surface area contributed by atoms with E-state index in [0.717, 1.165) is 21.3 Å². The van der Waals surface area contributed by atoms with Crippen LogP contribution in [0.2, 0.25) is 0 Å². The zero-order valence-corrected chi connectivity index (χ0v) is 16.5. The first-order chi connectivity index (χ1) is 11.9. The van der Waals surface area contributed by atoms with Gasteiger partial charge >= 0.3 is 0 Å². The number of imidazole rings is 1. The Morgan fingerprint density at radius 3 is 2.48 bits per heavy atom. The fourth-order valence-electron chi connectivity index (χ4n) is 2.84. The van der Waals surface area contributed by atoms with Crippen LogP contribution in [0.5, 0.6) is 0 Å². The van der Waals surface area contributed by atoms with Crippen molar-refractivity contribution in [3.05, 3.63) is 58.8 Å². The average molecular weight is 422 g/mol. The number of halogens is 1. The molecule has 0 aliphatic carbocycles. The Kier molecular flexibility index (Phi) is 5.27. The molecule has 3 aromatic rings. The Morgan fingerprint density at radius 2 is 1.80 bits per heavy atom. The van der Waals surface area contributed by atoms with E-state index in [4.69, 9.17) is 0 Å². The number of hydrogen-bond donors (Lipinski definition) is 1. The molecule has 0 spiro atoms. The molecule has 1 aromatic heterocycles. The summed E-state index contributed by atoms with van der Waals surface area (Å²) in [6, 6.07) is 14.8. The third-order valence-corrected chi connectivity index (χ3v) is 5.96. The number of benzene rings is 2. The second kappa shape index (κ2) is 7.27. The van der Waals surface area contributed by atoms with Gasteiger partial charge < -0.3 is 4.57 Å². The highest BCUT2D eigenvalue weighted by Crippen LogP contribution is 2.21. The van der Waals surface area contributed by atoms with Crippen molar-refractivity contribution in [3.63, 3.8) is 0 Å². The van der Waals surface area contributed by atoms with Crippen LogP contribution in [0, 0.1) is 0 Å². The third kappa shape index (κ3) is 3.94. The SMILES string of the molecule is CC(C)n1c(CCNS(=O)(=O)c2ccc(Br)cc2)nc2ccccc21. The molecule has 3 rings (SSSR count). The van der Waals surface area contributed by atoms with Crippen molar-refractivity contribution in [1.82, 2.24) is 14.3 Å². The van der Waals surface area contributed by atoms with Crippen LogP contribution < -0.4 is 4.72 Å². The first-order valence-electron chi connectivity index (χ1n) is 8.09. The number of rotatable bonds is 6. The van der Waals surface area contributed by atoms with Crippen molar-refractivity contribution < 1.29 is 8.42 Å². The lowest BCUT2D eigenvalue weighted by Gasteiger charge is -2.13. The second-order valence-corrected chi connectivity index (χ2v) is 8.76. The van der Waals surface area contributed by atoms with Crippen molar-refractivity contribution in [2.45, 2.75) is 31.2 Å². The van der Waals surface area contributed by atoms with E-state index in [1.165, 1.54) is 0 Å². The average Bonchev–Trinajstić information content (AvgIpc) is 2.93. The number of sulfonamides is 1. The zero-order valence-electron chi connectivity index (χ0n) is 14.1. The summed E-state index contributed by atoms with van der Waals surface area (Å²) in [4.78, 5) is 4.92. The Bertz CT molecular complexity index is 979. The fourth-order valence-corrected chi connectivity index (χ4v) is 4.14. The molecule has 0 saturated heterocycles. The summed E-state index contributed by atoms with van der Waals surface area (Å²) in [6.07, 6.45) is 0.530. The van der Waals surface area contributed by atoms with Crippen LogP contribution in [-0.2, 0) is 16.4 Å². The highest BCUT2D eigenvalue weighted by Gasteiger charge is 2.16. The summed E-state index contributed by atoms with van der Waals surface area (Å²) in [6.45, 7) is 4.50.